The number of nitrogens with one attached hydrogen (secondary N) is 1. The number of carbonyl (C=O) groups is 1. The van der Waals surface area contributed by atoms with Crippen LogP contribution in [0.1, 0.15) is 66.9 Å². The maximum absolute atomic E-state index is 14.2. The fourth-order valence-corrected chi connectivity index (χ4v) is 6.42. The Kier molecular flexibility index (Phi) is 5.24. The van der Waals surface area contributed by atoms with Crippen LogP contribution in [0.3, 0.4) is 0 Å². The molecular weight excluding hydrogens is 427 g/mol. The molecule has 7 nitrogen and oxygen atoms in total. The van der Waals surface area contributed by atoms with Crippen LogP contribution in [-0.4, -0.2) is 20.3 Å². The topological polar surface area (TPSA) is 118 Å². The summed E-state index contributed by atoms with van der Waals surface area (Å²) >= 11 is 0.753. The molecule has 0 saturated heterocycles. The van der Waals surface area contributed by atoms with Crippen LogP contribution in [0.2, 0.25) is 0 Å². The van der Waals surface area contributed by atoms with Crippen LogP contribution >= 0.6 is 11.3 Å². The van der Waals surface area contributed by atoms with Crippen molar-refractivity contribution in [1.82, 2.24) is 4.98 Å². The number of pyridine rings is 1. The van der Waals surface area contributed by atoms with E-state index in [-0.39, 0.29) is 9.09 Å². The maximum atomic E-state index is 14.2. The number of aromatic nitrogens is 1. The SMILES string of the molecule is C[C@@H]1CCc2c1nc1c(c2NC(=O)N=[S@](N)(=O)c2cc(F)c(C(C)(C)O)s2)CCC1. The summed E-state index contributed by atoms with van der Waals surface area (Å²) in [7, 11) is -3.67. The zero-order valence-electron chi connectivity index (χ0n) is 17.1. The number of aliphatic hydroxyl groups is 1. The van der Waals surface area contributed by atoms with Crippen LogP contribution in [0.25, 0.3) is 0 Å². The van der Waals surface area contributed by atoms with E-state index in [1.54, 1.807) is 0 Å². The van der Waals surface area contributed by atoms with Crippen molar-refractivity contribution in [3.05, 3.63) is 39.3 Å². The lowest BCUT2D eigenvalue weighted by Crippen LogP contribution is -2.18. The van der Waals surface area contributed by atoms with Gasteiger partial charge in [0, 0.05) is 17.5 Å². The first kappa shape index (κ1) is 21.4. The van der Waals surface area contributed by atoms with Crippen molar-refractivity contribution in [3.63, 3.8) is 0 Å². The molecule has 4 N–H and O–H groups in total. The van der Waals surface area contributed by atoms with Gasteiger partial charge in [-0.25, -0.2) is 18.5 Å². The summed E-state index contributed by atoms with van der Waals surface area (Å²) in [6.45, 7) is 4.95. The summed E-state index contributed by atoms with van der Waals surface area (Å²) in [6, 6.07) is 0.142. The lowest BCUT2D eigenvalue weighted by atomic mass is 10.0. The molecule has 0 bridgehead atoms. The van der Waals surface area contributed by atoms with E-state index in [1.807, 2.05) is 0 Å². The Morgan fingerprint density at radius 3 is 2.80 bits per heavy atom. The monoisotopic (exact) mass is 452 g/mol. The Balaban J connectivity index is 1.68. The van der Waals surface area contributed by atoms with Gasteiger partial charge in [0.1, 0.15) is 10.0 Å². The maximum Gasteiger partial charge on any atom is 0.354 e. The molecule has 0 aromatic carbocycles. The van der Waals surface area contributed by atoms with Gasteiger partial charge in [0.25, 0.3) is 0 Å². The van der Waals surface area contributed by atoms with Gasteiger partial charge in [0.15, 0.2) is 9.92 Å². The summed E-state index contributed by atoms with van der Waals surface area (Å²) in [5.74, 6) is -0.401. The van der Waals surface area contributed by atoms with Gasteiger partial charge in [-0.1, -0.05) is 6.92 Å². The molecule has 2 atom stereocenters. The van der Waals surface area contributed by atoms with Crippen LogP contribution in [-0.2, 0) is 34.8 Å². The molecular formula is C20H25FN4O3S2. The first-order chi connectivity index (χ1) is 14.0. The highest BCUT2D eigenvalue weighted by Crippen LogP contribution is 2.41. The molecule has 2 aliphatic carbocycles. The third-order valence-electron chi connectivity index (χ3n) is 5.61. The second kappa shape index (κ2) is 7.37. The predicted octanol–water partition coefficient (Wildman–Crippen LogP) is 3.98. The van der Waals surface area contributed by atoms with E-state index in [4.69, 9.17) is 10.1 Å². The van der Waals surface area contributed by atoms with Crippen molar-refractivity contribution in [2.45, 2.75) is 68.6 Å². The standard InChI is InChI=1S/C20H25FN4O3S2/c1-10-7-8-12-16(10)23-14-6-4-5-11(14)17(12)24-19(26)25-30(22,28)15-9-13(21)18(29-15)20(2,3)27/h9-10,27H,4-8H2,1-3H3,(H3,22,23,24,25,26,28)/t10-,30+/m1/s1. The number of rotatable bonds is 3. The highest BCUT2D eigenvalue weighted by molar-refractivity contribution is 7.93. The largest absolute Gasteiger partial charge is 0.385 e. The van der Waals surface area contributed by atoms with Crippen molar-refractivity contribution < 1.29 is 18.5 Å². The molecule has 2 amide bonds. The van der Waals surface area contributed by atoms with Crippen molar-refractivity contribution in [2.75, 3.05) is 5.32 Å². The second-order valence-electron chi connectivity index (χ2n) is 8.46. The van der Waals surface area contributed by atoms with Crippen molar-refractivity contribution in [3.8, 4) is 0 Å². The molecule has 2 aliphatic rings. The number of carbonyl (C=O) groups excluding carboxylic acids is 1. The van der Waals surface area contributed by atoms with Crippen LogP contribution in [0.4, 0.5) is 14.9 Å². The molecule has 10 heteroatoms. The quantitative estimate of drug-likeness (QED) is 0.653. The Bertz CT molecular complexity index is 1160. The van der Waals surface area contributed by atoms with Gasteiger partial charge >= 0.3 is 6.03 Å². The third-order valence-corrected chi connectivity index (χ3v) is 8.93. The van der Waals surface area contributed by atoms with Gasteiger partial charge in [0.05, 0.1) is 16.2 Å². The third kappa shape index (κ3) is 3.77. The number of hydrogen-bond acceptors (Lipinski definition) is 5. The summed E-state index contributed by atoms with van der Waals surface area (Å²) in [6.07, 6.45) is 4.45. The van der Waals surface area contributed by atoms with Gasteiger partial charge in [0.2, 0.25) is 0 Å². The Morgan fingerprint density at radius 2 is 2.13 bits per heavy atom. The zero-order chi connectivity index (χ0) is 21.8. The van der Waals surface area contributed by atoms with Crippen LogP contribution in [0.15, 0.2) is 14.6 Å². The number of thiophene rings is 1. The van der Waals surface area contributed by atoms with Gasteiger partial charge in [-0.3, -0.25) is 4.98 Å². The van der Waals surface area contributed by atoms with E-state index in [0.29, 0.717) is 5.92 Å². The van der Waals surface area contributed by atoms with Gasteiger partial charge in [-0.2, -0.15) is 0 Å². The number of nitrogens with zero attached hydrogens (tertiary/aromatic N) is 2. The normalized spacial score (nSPS) is 19.9. The van der Waals surface area contributed by atoms with E-state index < -0.39 is 27.4 Å². The summed E-state index contributed by atoms with van der Waals surface area (Å²) in [4.78, 5) is 17.5. The number of hydrogen-bond donors (Lipinski definition) is 3. The number of aryl methyl sites for hydroxylation is 1. The average molecular weight is 453 g/mol. The van der Waals surface area contributed by atoms with E-state index in [2.05, 4.69) is 16.6 Å². The molecule has 0 spiro atoms. The number of amides is 2. The molecule has 0 aliphatic heterocycles. The molecule has 0 fully saturated rings. The zero-order valence-corrected chi connectivity index (χ0v) is 18.8. The van der Waals surface area contributed by atoms with E-state index in [9.17, 15) is 18.5 Å². The molecule has 2 aromatic rings. The first-order valence-electron chi connectivity index (χ1n) is 9.90. The van der Waals surface area contributed by atoms with E-state index in [0.717, 1.165) is 77.7 Å². The smallest absolute Gasteiger partial charge is 0.354 e. The number of fused-ring (bicyclic) bond motifs is 2. The summed E-state index contributed by atoms with van der Waals surface area (Å²) in [5, 5.41) is 18.7. The van der Waals surface area contributed by atoms with Crippen molar-refractivity contribution in [1.29, 1.82) is 0 Å². The Hall–Kier alpha value is -1.88. The molecule has 0 saturated carbocycles. The molecule has 2 heterocycles. The van der Waals surface area contributed by atoms with Crippen LogP contribution in [0.5, 0.6) is 0 Å². The van der Waals surface area contributed by atoms with E-state index >= 15 is 0 Å². The fraction of sp³-hybridized carbons (Fsp3) is 0.500. The first-order valence-corrected chi connectivity index (χ1v) is 12.3. The highest BCUT2D eigenvalue weighted by atomic mass is 32.2. The molecule has 4 rings (SSSR count). The highest BCUT2D eigenvalue weighted by Gasteiger charge is 2.30. The van der Waals surface area contributed by atoms with Crippen LogP contribution in [0, 0.1) is 5.82 Å². The Labute approximate surface area is 179 Å². The Morgan fingerprint density at radius 1 is 1.40 bits per heavy atom. The molecule has 2 aromatic heterocycles. The predicted molar refractivity (Wildman–Crippen MR) is 115 cm³/mol. The molecule has 30 heavy (non-hydrogen) atoms. The fourth-order valence-electron chi connectivity index (χ4n) is 4.16. The van der Waals surface area contributed by atoms with Gasteiger partial charge < -0.3 is 10.4 Å². The molecule has 162 valence electrons. The molecule has 0 unspecified atom stereocenters. The lowest BCUT2D eigenvalue weighted by molar-refractivity contribution is 0.0789. The summed E-state index contributed by atoms with van der Waals surface area (Å²) in [5.41, 5.74) is 3.30. The second-order valence-corrected chi connectivity index (χ2v) is 11.5. The molecule has 0 radical (unpaired) electrons. The minimum atomic E-state index is -3.67. The minimum absolute atomic E-state index is 0.00922. The number of halogens is 1. The van der Waals surface area contributed by atoms with Crippen LogP contribution < -0.4 is 10.5 Å². The minimum Gasteiger partial charge on any atom is -0.385 e. The lowest BCUT2D eigenvalue weighted by Gasteiger charge is -2.15. The number of anilines is 1. The van der Waals surface area contributed by atoms with Crippen molar-refractivity contribution in [2.24, 2.45) is 9.50 Å². The van der Waals surface area contributed by atoms with Gasteiger partial charge in [-0.15, -0.1) is 15.7 Å². The van der Waals surface area contributed by atoms with Crippen molar-refractivity contribution >= 4 is 33.0 Å². The van der Waals surface area contributed by atoms with Gasteiger partial charge in [-0.05, 0) is 63.0 Å². The number of nitrogens with two attached hydrogens (primary N) is 1. The number of urea groups is 1. The average Bonchev–Trinajstić information content (AvgIpc) is 3.33. The van der Waals surface area contributed by atoms with E-state index in [1.165, 1.54) is 13.8 Å². The summed E-state index contributed by atoms with van der Waals surface area (Å²) < 4.78 is 30.7.